The first-order valence-corrected chi connectivity index (χ1v) is 17.7. The van der Waals surface area contributed by atoms with Crippen molar-refractivity contribution >= 4 is 33.6 Å². The third-order valence-electron chi connectivity index (χ3n) is 11.9. The number of pyridine rings is 1. The monoisotopic (exact) mass is 730 g/mol. The van der Waals surface area contributed by atoms with E-state index in [4.69, 9.17) is 36.1 Å². The maximum Gasteiger partial charge on any atom is 0.404 e. The highest BCUT2D eigenvalue weighted by molar-refractivity contribution is 6.03. The third kappa shape index (κ3) is 5.58. The van der Waals surface area contributed by atoms with Crippen LogP contribution in [-0.2, 0) is 9.47 Å². The van der Waals surface area contributed by atoms with Crippen LogP contribution in [0, 0.1) is 40.7 Å². The standard InChI is InChI=1S/C39H41F3N6O5/c1-6-24-28(41)9-8-21-12-23(52-20-50-5)13-25(29(21)24)31-30(42)32-26(15-44-31)34(47-17-27-33(53-35(43)49)39(27,18-47)37(2,3)4)46-36(45-32)51-19-38-10-7-11-48(38)16-22(40)14-38/h1,8-9,12-13,15,22,27,33H,7,10-11,14,16-20H2,2-5H3,(H2,43,49)/t22-,27+,33-,38+,39+/m1/s1. The molecule has 1 aliphatic carbocycles. The van der Waals surface area contributed by atoms with Gasteiger partial charge in [-0.25, -0.2) is 18.0 Å². The summed E-state index contributed by atoms with van der Waals surface area (Å²) in [6, 6.07) is 5.92. The lowest BCUT2D eigenvalue weighted by atomic mass is 9.76. The molecule has 0 unspecified atom stereocenters. The van der Waals surface area contributed by atoms with Crippen molar-refractivity contribution in [2.24, 2.45) is 22.5 Å². The minimum absolute atomic E-state index is 0.0503. The number of anilines is 1. The zero-order chi connectivity index (χ0) is 37.4. The fourth-order valence-electron chi connectivity index (χ4n) is 9.37. The Morgan fingerprint density at radius 2 is 1.98 bits per heavy atom. The van der Waals surface area contributed by atoms with Gasteiger partial charge in [-0.1, -0.05) is 32.8 Å². The smallest absolute Gasteiger partial charge is 0.404 e. The molecule has 11 nitrogen and oxygen atoms in total. The van der Waals surface area contributed by atoms with Crippen LogP contribution >= 0.6 is 0 Å². The molecule has 4 aliphatic rings. The van der Waals surface area contributed by atoms with E-state index in [0.29, 0.717) is 48.4 Å². The molecule has 53 heavy (non-hydrogen) atoms. The Morgan fingerprint density at radius 1 is 1.17 bits per heavy atom. The number of alkyl halides is 1. The number of methoxy groups -OCH3 is 1. The molecule has 1 saturated carbocycles. The molecular formula is C39H41F3N6O5. The molecule has 5 atom stereocenters. The van der Waals surface area contributed by atoms with Crippen molar-refractivity contribution in [1.29, 1.82) is 0 Å². The molecule has 1 amide bonds. The molecule has 2 N–H and O–H groups in total. The Balaban J connectivity index is 1.27. The van der Waals surface area contributed by atoms with Crippen LogP contribution < -0.4 is 20.1 Å². The Morgan fingerprint density at radius 3 is 2.70 bits per heavy atom. The highest BCUT2D eigenvalue weighted by atomic mass is 19.1. The molecule has 278 valence electrons. The minimum Gasteiger partial charge on any atom is -0.468 e. The van der Waals surface area contributed by atoms with Gasteiger partial charge in [0.05, 0.1) is 16.5 Å². The number of rotatable bonds is 9. The van der Waals surface area contributed by atoms with Gasteiger partial charge in [-0.2, -0.15) is 9.97 Å². The van der Waals surface area contributed by atoms with Crippen molar-refractivity contribution in [2.45, 2.75) is 57.8 Å². The van der Waals surface area contributed by atoms with Crippen molar-refractivity contribution in [1.82, 2.24) is 19.9 Å². The van der Waals surface area contributed by atoms with E-state index in [2.05, 4.69) is 41.6 Å². The molecule has 4 aromatic rings. The number of aromatic nitrogens is 3. The SMILES string of the molecule is C#Cc1c(F)ccc2cc(OCOC)cc(-c3ncc4c(N5C[C@H]6[C@@H](OC(N)=O)[C@]6(C(C)(C)C)C5)nc(OC[C@@]56CCCN5C[C@H](F)C6)nc4c3F)c12. The average Bonchev–Trinajstić information content (AvgIpc) is 3.44. The lowest BCUT2D eigenvalue weighted by Crippen LogP contribution is -2.43. The van der Waals surface area contributed by atoms with Crippen molar-refractivity contribution < 1.29 is 36.9 Å². The van der Waals surface area contributed by atoms with E-state index in [1.807, 2.05) is 4.90 Å². The molecule has 0 bridgehead atoms. The number of amides is 1. The van der Waals surface area contributed by atoms with Crippen molar-refractivity contribution in [3.05, 3.63) is 47.7 Å². The first-order chi connectivity index (χ1) is 25.3. The van der Waals surface area contributed by atoms with Crippen LogP contribution in [0.5, 0.6) is 11.8 Å². The summed E-state index contributed by atoms with van der Waals surface area (Å²) < 4.78 is 69.7. The topological polar surface area (TPSA) is 125 Å². The molecule has 2 aromatic heterocycles. The second-order valence-corrected chi connectivity index (χ2v) is 15.7. The number of hydrogen-bond acceptors (Lipinski definition) is 10. The molecule has 4 fully saturated rings. The number of benzene rings is 2. The van der Waals surface area contributed by atoms with E-state index in [0.717, 1.165) is 19.4 Å². The van der Waals surface area contributed by atoms with Gasteiger partial charge in [0, 0.05) is 61.6 Å². The van der Waals surface area contributed by atoms with E-state index in [1.54, 1.807) is 12.1 Å². The molecule has 3 aliphatic heterocycles. The molecule has 14 heteroatoms. The summed E-state index contributed by atoms with van der Waals surface area (Å²) in [4.78, 5) is 30.0. The van der Waals surface area contributed by atoms with Crippen LogP contribution in [0.25, 0.3) is 32.9 Å². The number of carbonyl (C=O) groups is 1. The average molecular weight is 731 g/mol. The Hall–Kier alpha value is -4.87. The number of halogens is 3. The van der Waals surface area contributed by atoms with Gasteiger partial charge in [0.2, 0.25) is 0 Å². The lowest BCUT2D eigenvalue weighted by molar-refractivity contribution is 0.0512. The summed E-state index contributed by atoms with van der Waals surface area (Å²) in [5.74, 6) is 1.64. The van der Waals surface area contributed by atoms with Crippen LogP contribution in [0.1, 0.15) is 45.6 Å². The van der Waals surface area contributed by atoms with Gasteiger partial charge in [-0.05, 0) is 48.4 Å². The highest BCUT2D eigenvalue weighted by Crippen LogP contribution is 2.68. The predicted octanol–water partition coefficient (Wildman–Crippen LogP) is 5.99. The molecule has 0 radical (unpaired) electrons. The number of nitrogens with zero attached hydrogens (tertiary/aromatic N) is 5. The van der Waals surface area contributed by atoms with Crippen LogP contribution in [-0.4, -0.2) is 90.4 Å². The first-order valence-electron chi connectivity index (χ1n) is 17.7. The molecule has 2 aromatic carbocycles. The van der Waals surface area contributed by atoms with Crippen molar-refractivity contribution in [3.8, 4) is 35.4 Å². The number of primary amides is 1. The summed E-state index contributed by atoms with van der Waals surface area (Å²) >= 11 is 0. The number of terminal acetylenes is 1. The van der Waals surface area contributed by atoms with Gasteiger partial charge in [-0.15, -0.1) is 6.42 Å². The largest absolute Gasteiger partial charge is 0.468 e. The number of carbonyl (C=O) groups excluding carboxylic acids is 1. The van der Waals surface area contributed by atoms with Crippen LogP contribution in [0.15, 0.2) is 30.5 Å². The van der Waals surface area contributed by atoms with E-state index < -0.39 is 34.9 Å². The summed E-state index contributed by atoms with van der Waals surface area (Å²) in [5.41, 5.74) is 4.16. The van der Waals surface area contributed by atoms with Crippen molar-refractivity contribution in [2.75, 3.05) is 51.6 Å². The fourth-order valence-corrected chi connectivity index (χ4v) is 9.37. The Kier molecular flexibility index (Phi) is 8.38. The second kappa shape index (κ2) is 12.6. The van der Waals surface area contributed by atoms with Crippen LogP contribution in [0.3, 0.4) is 0 Å². The molecule has 3 saturated heterocycles. The lowest BCUT2D eigenvalue weighted by Gasteiger charge is -2.33. The summed E-state index contributed by atoms with van der Waals surface area (Å²) in [5, 5.41) is 1.11. The van der Waals surface area contributed by atoms with Gasteiger partial charge in [0.25, 0.3) is 0 Å². The first kappa shape index (κ1) is 35.2. The zero-order valence-corrected chi connectivity index (χ0v) is 30.0. The zero-order valence-electron chi connectivity index (χ0n) is 30.0. The van der Waals surface area contributed by atoms with Gasteiger partial charge < -0.3 is 29.6 Å². The van der Waals surface area contributed by atoms with E-state index >= 15 is 8.78 Å². The quantitative estimate of drug-likeness (QED) is 0.162. The normalized spacial score (nSPS) is 26.5. The molecule has 0 spiro atoms. The summed E-state index contributed by atoms with van der Waals surface area (Å²) in [6.07, 6.45) is 7.12. The third-order valence-corrected chi connectivity index (χ3v) is 11.9. The number of hydrogen-bond donors (Lipinski definition) is 1. The Bertz CT molecular complexity index is 2190. The number of piperidine rings is 1. The second-order valence-electron chi connectivity index (χ2n) is 15.7. The number of nitrogens with two attached hydrogens (primary N) is 1. The van der Waals surface area contributed by atoms with Gasteiger partial charge in [0.1, 0.15) is 47.5 Å². The number of fused-ring (bicyclic) bond motifs is 4. The maximum absolute atomic E-state index is 17.2. The number of ether oxygens (including phenoxy) is 4. The molecule has 5 heterocycles. The minimum atomic E-state index is -0.963. The fraction of sp³-hybridized carbons (Fsp3) is 0.487. The summed E-state index contributed by atoms with van der Waals surface area (Å²) in [7, 11) is 1.47. The van der Waals surface area contributed by atoms with E-state index in [-0.39, 0.29) is 64.6 Å². The van der Waals surface area contributed by atoms with Crippen LogP contribution in [0.4, 0.5) is 23.8 Å². The highest BCUT2D eigenvalue weighted by Gasteiger charge is 2.76. The predicted molar refractivity (Wildman–Crippen MR) is 191 cm³/mol. The van der Waals surface area contributed by atoms with Gasteiger partial charge >= 0.3 is 12.1 Å². The van der Waals surface area contributed by atoms with Gasteiger partial charge in [0.15, 0.2) is 12.6 Å². The molecule has 8 rings (SSSR count). The molecular weight excluding hydrogens is 689 g/mol. The summed E-state index contributed by atoms with van der Waals surface area (Å²) in [6.45, 7) is 8.30. The van der Waals surface area contributed by atoms with E-state index in [9.17, 15) is 9.18 Å². The van der Waals surface area contributed by atoms with Crippen LogP contribution in [0.2, 0.25) is 0 Å². The van der Waals surface area contributed by atoms with Crippen molar-refractivity contribution in [3.63, 3.8) is 0 Å². The Labute approximate surface area is 304 Å². The van der Waals surface area contributed by atoms with E-state index in [1.165, 1.54) is 25.4 Å². The maximum atomic E-state index is 17.2. The van der Waals surface area contributed by atoms with Gasteiger partial charge in [-0.3, -0.25) is 9.88 Å².